The number of rotatable bonds is 9. The summed E-state index contributed by atoms with van der Waals surface area (Å²) in [5.41, 5.74) is 38.6. The standard InChI is InChI=1S/C22H22N.C17H19N3.C17H13N2O.C15H16N4.C15H12O4.C13H11N3.2CH4.ClH.Na.O3S/c1-15(14-23(2,3)4)19-12-10-18-9-8-16-6-5-7-17-11-13-20(19)22(18)21(16)17;1-19(2)14-7-5-12-9-13-6-8-15(20(3)4)11-17(13)18-16(12)10-14;1-12-7-9-15-13(11-12)8-10-16(20)17(15)19-18-14-5-3-2-4-6-14;1-9-5-13-15(7-11(9)16)19-14-6-10(8-17-2)3-4-12(14)18-13;1-7-6-10-11(15(19)12(7)16)14(18)9-5-3-2-4-8(9)13(10)17;14-10-3-1-8-5-9-2-4-11(15)7-13(9)16-12(8)6-10;;;;;1-4(2)3/h5-13H,1,14H2,2-4H3;5-11H,1-4H3;2-8,10-11,20H,1H3;3-7,17H,8,16H2,1-2H3;2-6,10-11,16,19H,1H3;1-7H,14-15H2;2*1H4;1H;;/q+1;;-1;;;;;;;+1;/p+2. The van der Waals surface area contributed by atoms with Crippen LogP contribution in [0.2, 0.25) is 0 Å². The van der Waals surface area contributed by atoms with Crippen LogP contribution < -0.4 is 89.2 Å². The number of azo groups is 1. The SMILES string of the molecule is C.C.C=C(C[N+](C)(C)C)c1ccc2ccc3cccc4ccc1c2c34.CC1=CC2C(=O)c3ccccc3C(=O)C2C(O)=C1O.CN(C)c1ccc2cc3ccc(N(C)C)cc3[nH+]c2c1.CNCc1ccc2[nH+]c3cc(C)c(N)cc3nc2c1.Cc1c[c-]c2c(N=Nc3ccccc3)c(O)ccc2c1.Nc1ccc2cc3ccc(N)cc3[nH+]c2c1.O=S(=O)=O.[Cl-].[Na+]. The molecule has 2 unspecified atom stereocenters. The Labute approximate surface area is 757 Å². The van der Waals surface area contributed by atoms with Gasteiger partial charge >= 0.3 is 40.2 Å². The zero-order chi connectivity index (χ0) is 86.3. The van der Waals surface area contributed by atoms with Gasteiger partial charge in [0.2, 0.25) is 33.1 Å². The molecule has 13 N–H and O–H groups in total. The maximum atomic E-state index is 12.4. The molecule has 2 atom stereocenters. The number of aromatic nitrogens is 4. The predicted molar refractivity (Wildman–Crippen MR) is 504 cm³/mol. The summed E-state index contributed by atoms with van der Waals surface area (Å²) < 4.78 is 26.2. The van der Waals surface area contributed by atoms with Gasteiger partial charge in [0.05, 0.1) is 44.4 Å². The Bertz CT molecular complexity index is 6990. The van der Waals surface area contributed by atoms with Crippen molar-refractivity contribution in [2.24, 2.45) is 22.1 Å². The number of anilines is 5. The largest absolute Gasteiger partial charge is 1.00 e. The molecule has 2 aliphatic rings. The van der Waals surface area contributed by atoms with Gasteiger partial charge in [-0.2, -0.15) is 10.2 Å². The summed E-state index contributed by atoms with van der Waals surface area (Å²) in [5.74, 6) is -2.84. The number of benzene rings is 14. The molecule has 125 heavy (non-hydrogen) atoms. The number of ketones is 2. The van der Waals surface area contributed by atoms with E-state index >= 15 is 0 Å². The molecule has 3 heterocycles. The van der Waals surface area contributed by atoms with Crippen LogP contribution in [0.4, 0.5) is 39.8 Å². The average Bonchev–Trinajstić information content (AvgIpc) is 0.739. The first kappa shape index (κ1) is 95.5. The molecule has 0 saturated heterocycles. The third kappa shape index (κ3) is 22.2. The summed E-state index contributed by atoms with van der Waals surface area (Å²) in [7, 11) is 13.7. The molecule has 14 aromatic carbocycles. The number of Topliss-reactive ketones (excluding diaryl/α,β-unsaturated/α-hetero) is 2. The number of halogens is 1. The van der Waals surface area contributed by atoms with Crippen molar-refractivity contribution in [3.05, 3.63) is 318 Å². The molecular formula is C101H104ClN13NaO8S+3. The molecule has 0 saturated carbocycles. The summed E-state index contributed by atoms with van der Waals surface area (Å²) in [6, 6.07) is 85.8. The minimum absolute atomic E-state index is 0. The molecule has 21 nitrogen and oxygen atoms in total. The molecular weight excluding hydrogens is 1610 g/mol. The van der Waals surface area contributed by atoms with Gasteiger partial charge in [0.1, 0.15) is 29.1 Å². The number of aryl methyl sites for hydroxylation is 2. The maximum absolute atomic E-state index is 12.4. The molecule has 0 aliphatic heterocycles. The number of aliphatic hydroxyl groups excluding tert-OH is 2. The smallest absolute Gasteiger partial charge is 1.00 e. The number of H-pyrrole nitrogens is 3. The number of phenols is 1. The minimum Gasteiger partial charge on any atom is -1.00 e. The van der Waals surface area contributed by atoms with Gasteiger partial charge in [0.15, 0.2) is 17.3 Å². The molecule has 0 fully saturated rings. The number of pyridine rings is 2. The van der Waals surface area contributed by atoms with E-state index < -0.39 is 28.2 Å². The van der Waals surface area contributed by atoms with Crippen molar-refractivity contribution in [3.63, 3.8) is 0 Å². The Morgan fingerprint density at radius 1 is 0.552 bits per heavy atom. The number of aliphatic hydroxyl groups is 2. The van der Waals surface area contributed by atoms with E-state index in [1.165, 1.54) is 82.2 Å². The number of quaternary nitrogens is 1. The number of nitrogens with two attached hydrogens (primary N) is 3. The number of aromatic hydroxyl groups is 1. The zero-order valence-electron chi connectivity index (χ0n) is 70.6. The van der Waals surface area contributed by atoms with Crippen LogP contribution in [-0.4, -0.2) is 112 Å². The fraction of sp³-hybridized carbons (Fsp3) is 0.168. The first-order valence-electron chi connectivity index (χ1n) is 39.2. The fourth-order valence-corrected chi connectivity index (χ4v) is 15.1. The molecule has 3 aromatic heterocycles. The van der Waals surface area contributed by atoms with Crippen LogP contribution >= 0.6 is 0 Å². The second-order valence-electron chi connectivity index (χ2n) is 31.6. The molecule has 0 bridgehead atoms. The van der Waals surface area contributed by atoms with Crippen LogP contribution in [0.3, 0.4) is 0 Å². The quantitative estimate of drug-likeness (QED) is 0.0134. The van der Waals surface area contributed by atoms with Gasteiger partial charge in [-0.25, -0.2) is 19.9 Å². The number of phenolic OH excluding ortho intramolecular Hbond substituents is 1. The van der Waals surface area contributed by atoms with Gasteiger partial charge in [-0.1, -0.05) is 144 Å². The zero-order valence-corrected chi connectivity index (χ0v) is 74.2. The summed E-state index contributed by atoms with van der Waals surface area (Å²) >= 11 is 0. The van der Waals surface area contributed by atoms with Crippen LogP contribution in [0.1, 0.15) is 64.7 Å². The van der Waals surface area contributed by atoms with Crippen LogP contribution in [0.5, 0.6) is 5.75 Å². The molecule has 0 amide bonds. The van der Waals surface area contributed by atoms with Crippen molar-refractivity contribution < 1.29 is 98.9 Å². The third-order valence-electron chi connectivity index (χ3n) is 21.1. The summed E-state index contributed by atoms with van der Waals surface area (Å²) in [6.45, 7) is 11.8. The van der Waals surface area contributed by atoms with E-state index in [9.17, 15) is 24.9 Å². The number of hydrogen-bond acceptors (Lipinski definition) is 17. The Morgan fingerprint density at radius 2 is 1.06 bits per heavy atom. The van der Waals surface area contributed by atoms with E-state index in [1.54, 1.807) is 43.3 Å². The van der Waals surface area contributed by atoms with Gasteiger partial charge in [-0.05, 0) is 166 Å². The van der Waals surface area contributed by atoms with Crippen molar-refractivity contribution in [2.45, 2.75) is 42.2 Å². The monoisotopic (exact) mass is 1720 g/mol. The Hall–Kier alpha value is -13.3. The first-order valence-corrected chi connectivity index (χ1v) is 40.2. The molecule has 632 valence electrons. The Kier molecular flexibility index (Phi) is 31.5. The number of carbonyl (C=O) groups is 2. The van der Waals surface area contributed by atoms with Crippen LogP contribution in [0, 0.1) is 31.7 Å². The van der Waals surface area contributed by atoms with Crippen LogP contribution in [0.25, 0.3) is 114 Å². The van der Waals surface area contributed by atoms with Gasteiger partial charge in [-0.15, -0.1) is 47.2 Å². The fourth-order valence-electron chi connectivity index (χ4n) is 15.1. The molecule has 0 spiro atoms. The number of aromatic amines is 3. The van der Waals surface area contributed by atoms with Crippen molar-refractivity contribution in [1.82, 2.24) is 10.3 Å². The van der Waals surface area contributed by atoms with Crippen molar-refractivity contribution >= 4 is 176 Å². The van der Waals surface area contributed by atoms with Crippen LogP contribution in [-0.2, 0) is 17.2 Å². The number of nitrogens with zero attached hydrogens (tertiary/aromatic N) is 6. The number of allylic oxidation sites excluding steroid dienone is 3. The van der Waals surface area contributed by atoms with E-state index in [-0.39, 0.29) is 79.9 Å². The van der Waals surface area contributed by atoms with Crippen molar-refractivity contribution in [1.29, 1.82) is 0 Å². The van der Waals surface area contributed by atoms with Gasteiger partial charge in [-0.3, -0.25) is 9.59 Å². The van der Waals surface area contributed by atoms with Crippen LogP contribution in [0.15, 0.2) is 289 Å². The summed E-state index contributed by atoms with van der Waals surface area (Å²) in [4.78, 5) is 44.0. The predicted octanol–water partition coefficient (Wildman–Crippen LogP) is 14.0. The number of likely N-dealkylation sites (N-methyl/N-ethyl adjacent to an activating group) is 1. The first-order chi connectivity index (χ1) is 57.9. The van der Waals surface area contributed by atoms with E-state index in [1.807, 2.05) is 118 Å². The molecule has 24 heteroatoms. The third-order valence-corrected chi connectivity index (χ3v) is 21.1. The Morgan fingerprint density at radius 3 is 1.62 bits per heavy atom. The number of nitrogens with one attached hydrogen (secondary N) is 4. The second kappa shape index (κ2) is 41.3. The average molecular weight is 1720 g/mol. The van der Waals surface area contributed by atoms with Crippen molar-refractivity contribution in [2.75, 3.05) is 89.9 Å². The topological polar surface area (TPSA) is 323 Å². The number of nitrogen functional groups attached to an aromatic ring is 3. The van der Waals surface area contributed by atoms with E-state index in [2.05, 4.69) is 229 Å². The molecule has 2 aliphatic carbocycles. The maximum Gasteiger partial charge on any atom is 1.00 e. The minimum atomic E-state index is -3.11. The number of hydrogen-bond donors (Lipinski definition) is 7. The van der Waals surface area contributed by atoms with E-state index in [4.69, 9.17) is 29.8 Å². The number of fused-ring (bicyclic) bond motifs is 9. The van der Waals surface area contributed by atoms with Crippen molar-refractivity contribution in [3.8, 4) is 5.75 Å². The summed E-state index contributed by atoms with van der Waals surface area (Å²) in [6.07, 6.45) is 1.55. The Balaban J connectivity index is 0.000000168. The van der Waals surface area contributed by atoms with Gasteiger partial charge in [0.25, 0.3) is 0 Å². The van der Waals surface area contributed by atoms with E-state index in [0.717, 1.165) is 106 Å². The molecule has 17 aromatic rings. The molecule has 19 rings (SSSR count). The summed E-state index contributed by atoms with van der Waals surface area (Å²) in [5, 5.41) is 55.7. The second-order valence-corrected chi connectivity index (χ2v) is 32.0. The number of carbonyl (C=O) groups excluding carboxylic acids is 2. The van der Waals surface area contributed by atoms with Gasteiger partial charge in [0, 0.05) is 138 Å². The normalized spacial score (nSPS) is 13.1. The van der Waals surface area contributed by atoms with Gasteiger partial charge < -0.3 is 64.5 Å². The molecule has 0 radical (unpaired) electrons. The van der Waals surface area contributed by atoms with E-state index in [0.29, 0.717) is 22.4 Å².